The van der Waals surface area contributed by atoms with Crippen LogP contribution in [-0.4, -0.2) is 33.8 Å². The lowest BCUT2D eigenvalue weighted by molar-refractivity contribution is 0.368. The Morgan fingerprint density at radius 3 is 2.18 bits per heavy atom. The Morgan fingerprint density at radius 1 is 0.964 bits per heavy atom. The van der Waals surface area contributed by atoms with E-state index >= 15 is 0 Å². The van der Waals surface area contributed by atoms with Gasteiger partial charge in [0.1, 0.15) is 17.2 Å². The van der Waals surface area contributed by atoms with Crippen LogP contribution in [0.15, 0.2) is 41.4 Å². The fourth-order valence-electron chi connectivity index (χ4n) is 2.75. The third-order valence-electron chi connectivity index (χ3n) is 4.10. The second-order valence-electron chi connectivity index (χ2n) is 6.05. The Hall–Kier alpha value is -2.16. The highest BCUT2D eigenvalue weighted by molar-refractivity contribution is 14.0. The first-order valence-corrected chi connectivity index (χ1v) is 8.97. The third-order valence-corrected chi connectivity index (χ3v) is 4.10. The molecule has 0 saturated heterocycles. The second-order valence-corrected chi connectivity index (χ2v) is 6.05. The van der Waals surface area contributed by atoms with Crippen molar-refractivity contribution in [2.45, 2.75) is 26.9 Å². The molecule has 0 atom stereocenters. The molecular formula is C21H30IN3O3. The van der Waals surface area contributed by atoms with E-state index in [2.05, 4.69) is 40.7 Å². The summed E-state index contributed by atoms with van der Waals surface area (Å²) in [4.78, 5) is 4.67. The normalized spacial score (nSPS) is 10.7. The molecule has 7 heteroatoms. The molecule has 0 aromatic heterocycles. The SMILES string of the molecule is CCNC(=NCc1cccc(C)c1)NCc1c(OC)cc(OC)cc1OC.I. The van der Waals surface area contributed by atoms with Crippen LogP contribution < -0.4 is 24.8 Å². The highest BCUT2D eigenvalue weighted by Gasteiger charge is 2.13. The van der Waals surface area contributed by atoms with Crippen molar-refractivity contribution in [3.05, 3.63) is 53.1 Å². The van der Waals surface area contributed by atoms with Crippen molar-refractivity contribution >= 4 is 29.9 Å². The fraction of sp³-hybridized carbons (Fsp3) is 0.381. The molecule has 2 aromatic carbocycles. The average molecular weight is 499 g/mol. The zero-order valence-corrected chi connectivity index (χ0v) is 19.5. The van der Waals surface area contributed by atoms with Crippen LogP contribution in [0.4, 0.5) is 0 Å². The first-order chi connectivity index (χ1) is 13.1. The van der Waals surface area contributed by atoms with Crippen LogP contribution in [0, 0.1) is 6.92 Å². The molecule has 0 aliphatic rings. The number of nitrogens with zero attached hydrogens (tertiary/aromatic N) is 1. The van der Waals surface area contributed by atoms with Gasteiger partial charge in [-0.2, -0.15) is 0 Å². The largest absolute Gasteiger partial charge is 0.496 e. The van der Waals surface area contributed by atoms with Crippen molar-refractivity contribution in [3.8, 4) is 17.2 Å². The van der Waals surface area contributed by atoms with E-state index in [9.17, 15) is 0 Å². The number of benzene rings is 2. The van der Waals surface area contributed by atoms with Gasteiger partial charge in [0.2, 0.25) is 0 Å². The maximum atomic E-state index is 5.50. The van der Waals surface area contributed by atoms with Gasteiger partial charge >= 0.3 is 0 Å². The minimum Gasteiger partial charge on any atom is -0.496 e. The highest BCUT2D eigenvalue weighted by Crippen LogP contribution is 2.33. The second kappa shape index (κ2) is 12.3. The summed E-state index contributed by atoms with van der Waals surface area (Å²) in [6.07, 6.45) is 0. The van der Waals surface area contributed by atoms with E-state index < -0.39 is 0 Å². The average Bonchev–Trinajstić information content (AvgIpc) is 2.69. The molecule has 0 fully saturated rings. The molecule has 0 radical (unpaired) electrons. The predicted octanol–water partition coefficient (Wildman–Crippen LogP) is 3.89. The van der Waals surface area contributed by atoms with E-state index in [0.29, 0.717) is 30.3 Å². The van der Waals surface area contributed by atoms with Crippen LogP contribution in [0.3, 0.4) is 0 Å². The molecule has 2 rings (SSSR count). The number of hydrogen-bond donors (Lipinski definition) is 2. The molecule has 154 valence electrons. The smallest absolute Gasteiger partial charge is 0.191 e. The Labute approximate surface area is 184 Å². The summed E-state index contributed by atoms with van der Waals surface area (Å²) in [6, 6.07) is 12.0. The van der Waals surface area contributed by atoms with Crippen LogP contribution in [-0.2, 0) is 13.1 Å². The van der Waals surface area contributed by atoms with E-state index in [1.54, 1.807) is 21.3 Å². The number of rotatable bonds is 8. The Kier molecular flexibility index (Phi) is 10.5. The predicted molar refractivity (Wildman–Crippen MR) is 124 cm³/mol. The molecule has 0 heterocycles. The molecule has 0 saturated carbocycles. The molecular weight excluding hydrogens is 469 g/mol. The summed E-state index contributed by atoms with van der Waals surface area (Å²) in [5, 5.41) is 6.61. The molecule has 2 aromatic rings. The van der Waals surface area contributed by atoms with Crippen molar-refractivity contribution in [2.75, 3.05) is 27.9 Å². The molecule has 0 aliphatic carbocycles. The standard InChI is InChI=1S/C21H29N3O3.HI/c1-6-22-21(23-13-16-9-7-8-15(2)10-16)24-14-18-19(26-4)11-17(25-3)12-20(18)27-5;/h7-12H,6,13-14H2,1-5H3,(H2,22,23,24);1H. The summed E-state index contributed by atoms with van der Waals surface area (Å²) in [5.74, 6) is 2.83. The third kappa shape index (κ3) is 6.78. The van der Waals surface area contributed by atoms with Crippen molar-refractivity contribution in [3.63, 3.8) is 0 Å². The Balaban J connectivity index is 0.00000392. The zero-order chi connectivity index (χ0) is 19.6. The van der Waals surface area contributed by atoms with Crippen molar-refractivity contribution in [1.82, 2.24) is 10.6 Å². The monoisotopic (exact) mass is 499 g/mol. The molecule has 2 N–H and O–H groups in total. The lowest BCUT2D eigenvalue weighted by atomic mass is 10.1. The summed E-state index contributed by atoms with van der Waals surface area (Å²) in [7, 11) is 4.89. The summed E-state index contributed by atoms with van der Waals surface area (Å²) in [6.45, 7) is 6.01. The van der Waals surface area contributed by atoms with E-state index in [1.807, 2.05) is 25.1 Å². The van der Waals surface area contributed by atoms with Gasteiger partial charge in [-0.3, -0.25) is 0 Å². The molecule has 0 bridgehead atoms. The maximum absolute atomic E-state index is 5.50. The minimum absolute atomic E-state index is 0. The minimum atomic E-state index is 0. The first-order valence-electron chi connectivity index (χ1n) is 8.97. The Bertz CT molecular complexity index is 756. The van der Waals surface area contributed by atoms with E-state index in [1.165, 1.54) is 11.1 Å². The molecule has 6 nitrogen and oxygen atoms in total. The number of nitrogens with one attached hydrogen (secondary N) is 2. The van der Waals surface area contributed by atoms with Crippen LogP contribution in [0.5, 0.6) is 17.2 Å². The zero-order valence-electron chi connectivity index (χ0n) is 17.2. The fourth-order valence-corrected chi connectivity index (χ4v) is 2.75. The Morgan fingerprint density at radius 2 is 1.64 bits per heavy atom. The molecule has 28 heavy (non-hydrogen) atoms. The van der Waals surface area contributed by atoms with Gasteiger partial charge in [-0.1, -0.05) is 29.8 Å². The van der Waals surface area contributed by atoms with Gasteiger partial charge in [-0.25, -0.2) is 4.99 Å². The number of aliphatic imine (C=N–C) groups is 1. The molecule has 0 amide bonds. The van der Waals surface area contributed by atoms with Gasteiger partial charge in [0.15, 0.2) is 5.96 Å². The number of methoxy groups -OCH3 is 3. The van der Waals surface area contributed by atoms with Crippen LogP contribution in [0.1, 0.15) is 23.6 Å². The van der Waals surface area contributed by atoms with Crippen molar-refractivity contribution in [1.29, 1.82) is 0 Å². The molecule has 0 unspecified atom stereocenters. The van der Waals surface area contributed by atoms with Crippen molar-refractivity contribution in [2.24, 2.45) is 4.99 Å². The number of ether oxygens (including phenoxy) is 3. The van der Waals surface area contributed by atoms with Crippen LogP contribution in [0.2, 0.25) is 0 Å². The molecule has 0 aliphatic heterocycles. The van der Waals surface area contributed by atoms with Crippen molar-refractivity contribution < 1.29 is 14.2 Å². The van der Waals surface area contributed by atoms with E-state index in [0.717, 1.165) is 18.1 Å². The number of hydrogen-bond acceptors (Lipinski definition) is 4. The lowest BCUT2D eigenvalue weighted by Crippen LogP contribution is -2.37. The van der Waals surface area contributed by atoms with Gasteiger partial charge in [0.25, 0.3) is 0 Å². The van der Waals surface area contributed by atoms with Gasteiger partial charge in [0, 0.05) is 18.7 Å². The number of guanidine groups is 1. The van der Waals surface area contributed by atoms with Crippen LogP contribution in [0.25, 0.3) is 0 Å². The maximum Gasteiger partial charge on any atom is 0.191 e. The van der Waals surface area contributed by atoms with Gasteiger partial charge in [0.05, 0.1) is 40.0 Å². The summed E-state index contributed by atoms with van der Waals surface area (Å²) < 4.78 is 16.3. The summed E-state index contributed by atoms with van der Waals surface area (Å²) in [5.41, 5.74) is 3.31. The quantitative estimate of drug-likeness (QED) is 0.328. The van der Waals surface area contributed by atoms with Gasteiger partial charge in [-0.05, 0) is 19.4 Å². The number of aryl methyl sites for hydroxylation is 1. The highest BCUT2D eigenvalue weighted by atomic mass is 127. The van der Waals surface area contributed by atoms with E-state index in [-0.39, 0.29) is 24.0 Å². The first kappa shape index (κ1) is 23.9. The van der Waals surface area contributed by atoms with Gasteiger partial charge < -0.3 is 24.8 Å². The van der Waals surface area contributed by atoms with Gasteiger partial charge in [-0.15, -0.1) is 24.0 Å². The van der Waals surface area contributed by atoms with E-state index in [4.69, 9.17) is 14.2 Å². The van der Waals surface area contributed by atoms with Crippen LogP contribution >= 0.6 is 24.0 Å². The molecule has 0 spiro atoms. The topological polar surface area (TPSA) is 64.1 Å². The number of halogens is 1. The summed E-state index contributed by atoms with van der Waals surface area (Å²) >= 11 is 0. The lowest BCUT2D eigenvalue weighted by Gasteiger charge is -2.17.